The van der Waals surface area contributed by atoms with E-state index in [2.05, 4.69) is 22.5 Å². The highest BCUT2D eigenvalue weighted by Crippen LogP contribution is 2.29. The van der Waals surface area contributed by atoms with E-state index >= 15 is 0 Å². The van der Waals surface area contributed by atoms with E-state index in [1.807, 2.05) is 0 Å². The molecular weight excluding hydrogens is 266 g/mol. The average molecular weight is 297 g/mol. The second kappa shape index (κ2) is 8.59. The summed E-state index contributed by atoms with van der Waals surface area (Å²) in [5.41, 5.74) is -0.574. The Hall–Kier alpha value is -0.810. The molecule has 122 valence electrons. The lowest BCUT2D eigenvalue weighted by Gasteiger charge is -2.20. The quantitative estimate of drug-likeness (QED) is 0.344. The number of aliphatic imine (C=N–C) groups is 1. The average Bonchev–Trinajstić information content (AvgIpc) is 3.20. The lowest BCUT2D eigenvalue weighted by molar-refractivity contribution is 0.0574. The summed E-state index contributed by atoms with van der Waals surface area (Å²) in [7, 11) is 0. The van der Waals surface area contributed by atoms with Crippen LogP contribution in [0.15, 0.2) is 4.99 Å². The standard InChI is InChI=1S/C16H31N3O2/c1-2-17-15(19-13-16(20)8-3-4-9-16)18-10-5-11-21-12-14-6-7-14/h14,20H,2-13H2,1H3,(H2,17,18,19). The first kappa shape index (κ1) is 16.6. The van der Waals surface area contributed by atoms with Crippen LogP contribution in [-0.4, -0.2) is 49.5 Å². The minimum atomic E-state index is -0.574. The molecule has 2 rings (SSSR count). The Morgan fingerprint density at radius 2 is 2.05 bits per heavy atom. The summed E-state index contributed by atoms with van der Waals surface area (Å²) < 4.78 is 5.62. The number of aliphatic hydroxyl groups is 1. The normalized spacial score (nSPS) is 21.5. The van der Waals surface area contributed by atoms with Crippen LogP contribution < -0.4 is 10.6 Å². The SMILES string of the molecule is CCNC(=NCC1(O)CCCC1)NCCCOCC1CC1. The smallest absolute Gasteiger partial charge is 0.191 e. The third kappa shape index (κ3) is 6.66. The summed E-state index contributed by atoms with van der Waals surface area (Å²) in [6.07, 6.45) is 7.68. The zero-order valence-corrected chi connectivity index (χ0v) is 13.4. The molecule has 0 aromatic carbocycles. The summed E-state index contributed by atoms with van der Waals surface area (Å²) in [6, 6.07) is 0. The molecule has 0 saturated heterocycles. The topological polar surface area (TPSA) is 65.9 Å². The van der Waals surface area contributed by atoms with Crippen LogP contribution in [0.25, 0.3) is 0 Å². The van der Waals surface area contributed by atoms with Crippen LogP contribution in [0.1, 0.15) is 51.9 Å². The van der Waals surface area contributed by atoms with Crippen LogP contribution in [0.2, 0.25) is 0 Å². The predicted octanol–water partition coefficient (Wildman–Crippen LogP) is 1.66. The first-order valence-electron chi connectivity index (χ1n) is 8.54. The van der Waals surface area contributed by atoms with Crippen molar-refractivity contribution in [2.24, 2.45) is 10.9 Å². The van der Waals surface area contributed by atoms with Gasteiger partial charge in [0.15, 0.2) is 5.96 Å². The highest BCUT2D eigenvalue weighted by molar-refractivity contribution is 5.79. The van der Waals surface area contributed by atoms with Gasteiger partial charge in [0, 0.05) is 26.3 Å². The zero-order valence-electron chi connectivity index (χ0n) is 13.4. The van der Waals surface area contributed by atoms with Gasteiger partial charge in [0.1, 0.15) is 0 Å². The van der Waals surface area contributed by atoms with Crippen molar-refractivity contribution in [2.75, 3.05) is 32.8 Å². The summed E-state index contributed by atoms with van der Waals surface area (Å²) >= 11 is 0. The highest BCUT2D eigenvalue weighted by Gasteiger charge is 2.30. The van der Waals surface area contributed by atoms with Gasteiger partial charge in [0.25, 0.3) is 0 Å². The molecule has 0 unspecified atom stereocenters. The monoisotopic (exact) mass is 297 g/mol. The van der Waals surface area contributed by atoms with Gasteiger partial charge in [0.05, 0.1) is 12.1 Å². The van der Waals surface area contributed by atoms with E-state index in [9.17, 15) is 5.11 Å². The summed E-state index contributed by atoms with van der Waals surface area (Å²) in [5, 5.41) is 16.9. The lowest BCUT2D eigenvalue weighted by atomic mass is 10.0. The van der Waals surface area contributed by atoms with E-state index in [1.165, 1.54) is 12.8 Å². The Labute approximate surface area is 128 Å². The maximum Gasteiger partial charge on any atom is 0.191 e. The fourth-order valence-electron chi connectivity index (χ4n) is 2.67. The van der Waals surface area contributed by atoms with Crippen LogP contribution in [0.5, 0.6) is 0 Å². The Bertz CT molecular complexity index is 323. The van der Waals surface area contributed by atoms with Crippen LogP contribution in [0, 0.1) is 5.92 Å². The van der Waals surface area contributed by atoms with Gasteiger partial charge in [-0.15, -0.1) is 0 Å². The molecule has 3 N–H and O–H groups in total. The number of ether oxygens (including phenoxy) is 1. The van der Waals surface area contributed by atoms with Crippen molar-refractivity contribution >= 4 is 5.96 Å². The zero-order chi connectivity index (χ0) is 15.0. The molecule has 0 heterocycles. The molecule has 0 amide bonds. The van der Waals surface area contributed by atoms with Gasteiger partial charge in [0.2, 0.25) is 0 Å². The van der Waals surface area contributed by atoms with Crippen molar-refractivity contribution in [2.45, 2.75) is 57.5 Å². The number of hydrogen-bond acceptors (Lipinski definition) is 3. The molecular formula is C16H31N3O2. The van der Waals surface area contributed by atoms with Crippen LogP contribution in [0.3, 0.4) is 0 Å². The van der Waals surface area contributed by atoms with Crippen molar-refractivity contribution < 1.29 is 9.84 Å². The molecule has 2 fully saturated rings. The molecule has 0 aromatic heterocycles. The molecule has 0 aliphatic heterocycles. The maximum atomic E-state index is 10.3. The second-order valence-electron chi connectivity index (χ2n) is 6.43. The molecule has 0 atom stereocenters. The molecule has 0 aromatic rings. The molecule has 5 nitrogen and oxygen atoms in total. The number of rotatable bonds is 9. The fourth-order valence-corrected chi connectivity index (χ4v) is 2.67. The van der Waals surface area contributed by atoms with Crippen molar-refractivity contribution in [3.63, 3.8) is 0 Å². The summed E-state index contributed by atoms with van der Waals surface area (Å²) in [4.78, 5) is 4.53. The third-order valence-corrected chi connectivity index (χ3v) is 4.22. The van der Waals surface area contributed by atoms with Crippen LogP contribution in [-0.2, 0) is 4.74 Å². The molecule has 5 heteroatoms. The van der Waals surface area contributed by atoms with Gasteiger partial charge < -0.3 is 20.5 Å². The highest BCUT2D eigenvalue weighted by atomic mass is 16.5. The van der Waals surface area contributed by atoms with E-state index in [0.717, 1.165) is 70.3 Å². The molecule has 0 bridgehead atoms. The molecule has 21 heavy (non-hydrogen) atoms. The van der Waals surface area contributed by atoms with E-state index in [0.29, 0.717) is 6.54 Å². The fraction of sp³-hybridized carbons (Fsp3) is 0.938. The largest absolute Gasteiger partial charge is 0.388 e. The Balaban J connectivity index is 1.60. The minimum absolute atomic E-state index is 0.501. The number of guanidine groups is 1. The van der Waals surface area contributed by atoms with E-state index in [1.54, 1.807) is 0 Å². The van der Waals surface area contributed by atoms with Crippen LogP contribution >= 0.6 is 0 Å². The first-order chi connectivity index (χ1) is 10.2. The molecule has 2 aliphatic carbocycles. The Kier molecular flexibility index (Phi) is 6.77. The molecule has 2 saturated carbocycles. The molecule has 0 spiro atoms. The van der Waals surface area contributed by atoms with Crippen molar-refractivity contribution in [1.29, 1.82) is 0 Å². The Morgan fingerprint density at radius 1 is 1.29 bits per heavy atom. The number of hydrogen-bond donors (Lipinski definition) is 3. The van der Waals surface area contributed by atoms with Gasteiger partial charge in [-0.3, -0.25) is 4.99 Å². The van der Waals surface area contributed by atoms with Gasteiger partial charge in [-0.05, 0) is 44.9 Å². The predicted molar refractivity (Wildman–Crippen MR) is 85.6 cm³/mol. The van der Waals surface area contributed by atoms with Gasteiger partial charge in [-0.1, -0.05) is 12.8 Å². The Morgan fingerprint density at radius 3 is 2.71 bits per heavy atom. The molecule has 0 radical (unpaired) electrons. The second-order valence-corrected chi connectivity index (χ2v) is 6.43. The summed E-state index contributed by atoms with van der Waals surface area (Å²) in [6.45, 7) is 5.99. The van der Waals surface area contributed by atoms with E-state index in [4.69, 9.17) is 4.74 Å². The van der Waals surface area contributed by atoms with Crippen molar-refractivity contribution in [3.05, 3.63) is 0 Å². The lowest BCUT2D eigenvalue weighted by Crippen LogP contribution is -2.40. The van der Waals surface area contributed by atoms with Gasteiger partial charge >= 0.3 is 0 Å². The van der Waals surface area contributed by atoms with Gasteiger partial charge in [-0.25, -0.2) is 0 Å². The van der Waals surface area contributed by atoms with Crippen molar-refractivity contribution in [3.8, 4) is 0 Å². The minimum Gasteiger partial charge on any atom is -0.388 e. The maximum absolute atomic E-state index is 10.3. The van der Waals surface area contributed by atoms with Crippen molar-refractivity contribution in [1.82, 2.24) is 10.6 Å². The molecule has 2 aliphatic rings. The number of nitrogens with one attached hydrogen (secondary N) is 2. The van der Waals surface area contributed by atoms with Crippen LogP contribution in [0.4, 0.5) is 0 Å². The van der Waals surface area contributed by atoms with E-state index in [-0.39, 0.29) is 0 Å². The first-order valence-corrected chi connectivity index (χ1v) is 8.54. The third-order valence-electron chi connectivity index (χ3n) is 4.22. The van der Waals surface area contributed by atoms with E-state index < -0.39 is 5.60 Å². The van der Waals surface area contributed by atoms with Gasteiger partial charge in [-0.2, -0.15) is 0 Å². The summed E-state index contributed by atoms with van der Waals surface area (Å²) in [5.74, 6) is 1.64. The number of nitrogens with zero attached hydrogens (tertiary/aromatic N) is 1.